The molecule has 0 aromatic carbocycles. The number of hydrogen-bond acceptors (Lipinski definition) is 4. The van der Waals surface area contributed by atoms with Crippen LogP contribution in [0.5, 0.6) is 0 Å². The molecule has 23 heavy (non-hydrogen) atoms. The number of nitrogens with one attached hydrogen (secondary N) is 1. The van der Waals surface area contributed by atoms with Crippen LogP contribution in [0.25, 0.3) is 0 Å². The number of carbonyl (C=O) groups is 1. The van der Waals surface area contributed by atoms with Crippen LogP contribution in [0.4, 0.5) is 0 Å². The number of nitrogens with zero attached hydrogens (tertiary/aromatic N) is 3. The Hall–Kier alpha value is -1.66. The molecule has 0 saturated heterocycles. The molecule has 0 saturated carbocycles. The number of aromatic nitrogens is 2. The summed E-state index contributed by atoms with van der Waals surface area (Å²) in [7, 11) is 0. The van der Waals surface area contributed by atoms with Gasteiger partial charge in [-0.15, -0.1) is 11.3 Å². The van der Waals surface area contributed by atoms with E-state index in [0.717, 1.165) is 19.5 Å². The first-order chi connectivity index (χ1) is 11.1. The van der Waals surface area contributed by atoms with Crippen LogP contribution >= 0.6 is 11.3 Å². The molecule has 0 radical (unpaired) electrons. The lowest BCUT2D eigenvalue weighted by Crippen LogP contribution is -2.43. The van der Waals surface area contributed by atoms with Crippen LogP contribution in [0.15, 0.2) is 29.8 Å². The quantitative estimate of drug-likeness (QED) is 0.884. The van der Waals surface area contributed by atoms with E-state index in [1.54, 1.807) is 11.3 Å². The van der Waals surface area contributed by atoms with E-state index in [4.69, 9.17) is 0 Å². The van der Waals surface area contributed by atoms with Crippen LogP contribution in [0.2, 0.25) is 0 Å². The first-order valence-electron chi connectivity index (χ1n) is 8.19. The van der Waals surface area contributed by atoms with Crippen LogP contribution in [-0.2, 0) is 17.8 Å². The van der Waals surface area contributed by atoms with E-state index in [1.807, 2.05) is 16.9 Å². The fourth-order valence-electron chi connectivity index (χ4n) is 3.03. The topological polar surface area (TPSA) is 50.2 Å². The van der Waals surface area contributed by atoms with Gasteiger partial charge in [-0.05, 0) is 37.8 Å². The molecule has 0 fully saturated rings. The van der Waals surface area contributed by atoms with Crippen LogP contribution < -0.4 is 5.32 Å². The minimum atomic E-state index is 0.110. The third kappa shape index (κ3) is 4.00. The van der Waals surface area contributed by atoms with Crippen molar-refractivity contribution in [3.63, 3.8) is 0 Å². The second-order valence-corrected chi connectivity index (χ2v) is 7.36. The van der Waals surface area contributed by atoms with Gasteiger partial charge in [0, 0.05) is 36.8 Å². The first kappa shape index (κ1) is 16.2. The Kier molecular flexibility index (Phi) is 5.13. The molecule has 5 nitrogen and oxygen atoms in total. The van der Waals surface area contributed by atoms with Gasteiger partial charge in [-0.2, -0.15) is 5.10 Å². The normalized spacial score (nSPS) is 18.1. The second-order valence-electron chi connectivity index (χ2n) is 6.33. The van der Waals surface area contributed by atoms with Gasteiger partial charge in [-0.1, -0.05) is 6.07 Å². The molecule has 1 aliphatic rings. The van der Waals surface area contributed by atoms with Crippen LogP contribution in [0, 0.1) is 0 Å². The van der Waals surface area contributed by atoms with Crippen LogP contribution in [0.1, 0.15) is 36.9 Å². The number of thiophene rings is 1. The van der Waals surface area contributed by atoms with Gasteiger partial charge in [0.05, 0.1) is 18.2 Å². The van der Waals surface area contributed by atoms with Crippen LogP contribution in [0.3, 0.4) is 0 Å². The predicted octanol–water partition coefficient (Wildman–Crippen LogP) is 2.46. The fraction of sp³-hybridized carbons (Fsp3) is 0.529. The van der Waals surface area contributed by atoms with E-state index in [-0.39, 0.29) is 11.9 Å². The van der Waals surface area contributed by atoms with E-state index in [0.29, 0.717) is 19.0 Å². The SMILES string of the molecule is CC(C)N1Cc2ccnn2[C@H](CC(=O)NCCc2cccs2)C1. The average Bonchev–Trinajstić information content (AvgIpc) is 3.17. The van der Waals surface area contributed by atoms with Crippen molar-refractivity contribution >= 4 is 17.2 Å². The van der Waals surface area contributed by atoms with Gasteiger partial charge in [0.2, 0.25) is 5.91 Å². The summed E-state index contributed by atoms with van der Waals surface area (Å²) in [5, 5.41) is 9.53. The molecule has 2 aromatic rings. The number of fused-ring (bicyclic) bond motifs is 1. The molecule has 0 unspecified atom stereocenters. The first-order valence-corrected chi connectivity index (χ1v) is 9.07. The number of amides is 1. The van der Waals surface area contributed by atoms with Crippen molar-refractivity contribution in [1.82, 2.24) is 20.0 Å². The van der Waals surface area contributed by atoms with Gasteiger partial charge in [-0.25, -0.2) is 0 Å². The zero-order valence-electron chi connectivity index (χ0n) is 13.7. The van der Waals surface area contributed by atoms with Crippen molar-refractivity contribution in [2.24, 2.45) is 0 Å². The third-order valence-corrected chi connectivity index (χ3v) is 5.27. The number of hydrogen-bond donors (Lipinski definition) is 1. The Morgan fingerprint density at radius 1 is 1.48 bits per heavy atom. The molecule has 1 atom stereocenters. The van der Waals surface area contributed by atoms with Gasteiger partial charge in [0.15, 0.2) is 0 Å². The van der Waals surface area contributed by atoms with E-state index in [2.05, 4.69) is 46.7 Å². The van der Waals surface area contributed by atoms with Crippen molar-refractivity contribution in [3.05, 3.63) is 40.3 Å². The highest BCUT2D eigenvalue weighted by Crippen LogP contribution is 2.24. The molecule has 3 rings (SSSR count). The summed E-state index contributed by atoms with van der Waals surface area (Å²) >= 11 is 1.73. The number of carbonyl (C=O) groups excluding carboxylic acids is 1. The highest BCUT2D eigenvalue weighted by atomic mass is 32.1. The average molecular weight is 332 g/mol. The molecule has 1 aliphatic heterocycles. The Morgan fingerprint density at radius 3 is 3.09 bits per heavy atom. The van der Waals surface area contributed by atoms with Crippen molar-refractivity contribution in [3.8, 4) is 0 Å². The third-order valence-electron chi connectivity index (χ3n) is 4.33. The molecular formula is C17H24N4OS. The number of rotatable bonds is 6. The van der Waals surface area contributed by atoms with Gasteiger partial charge >= 0.3 is 0 Å². The Balaban J connectivity index is 1.55. The summed E-state index contributed by atoms with van der Waals surface area (Å²) in [6.07, 6.45) is 3.22. The van der Waals surface area contributed by atoms with Gasteiger partial charge in [0.1, 0.15) is 0 Å². The van der Waals surface area contributed by atoms with E-state index < -0.39 is 0 Å². The molecule has 6 heteroatoms. The summed E-state index contributed by atoms with van der Waals surface area (Å²) in [5.74, 6) is 0.110. The molecule has 124 valence electrons. The van der Waals surface area contributed by atoms with Crippen molar-refractivity contribution in [2.75, 3.05) is 13.1 Å². The van der Waals surface area contributed by atoms with Gasteiger partial charge in [0.25, 0.3) is 0 Å². The molecule has 0 bridgehead atoms. The molecule has 0 spiro atoms. The highest BCUT2D eigenvalue weighted by molar-refractivity contribution is 7.09. The van der Waals surface area contributed by atoms with Crippen LogP contribution in [-0.4, -0.2) is 39.7 Å². The summed E-state index contributed by atoms with van der Waals surface area (Å²) in [5.41, 5.74) is 1.20. The van der Waals surface area contributed by atoms with Crippen molar-refractivity contribution in [1.29, 1.82) is 0 Å². The standard InChI is InChI=1S/C17H24N4OS/c1-13(2)20-11-14-5-8-19-21(14)15(12-20)10-17(22)18-7-6-16-4-3-9-23-16/h3-5,8-9,13,15H,6-7,10-12H2,1-2H3,(H,18,22)/t15-/m1/s1. The zero-order chi connectivity index (χ0) is 16.2. The molecular weight excluding hydrogens is 308 g/mol. The largest absolute Gasteiger partial charge is 0.356 e. The maximum atomic E-state index is 12.3. The van der Waals surface area contributed by atoms with E-state index in [9.17, 15) is 4.79 Å². The summed E-state index contributed by atoms with van der Waals surface area (Å²) < 4.78 is 2.03. The zero-order valence-corrected chi connectivity index (χ0v) is 14.6. The van der Waals surface area contributed by atoms with Gasteiger partial charge < -0.3 is 5.32 Å². The highest BCUT2D eigenvalue weighted by Gasteiger charge is 2.28. The summed E-state index contributed by atoms with van der Waals surface area (Å²) in [4.78, 5) is 16.0. The minimum absolute atomic E-state index is 0.110. The van der Waals surface area contributed by atoms with E-state index in [1.165, 1.54) is 10.6 Å². The van der Waals surface area contributed by atoms with Gasteiger partial charge in [-0.3, -0.25) is 14.4 Å². The van der Waals surface area contributed by atoms with Crippen molar-refractivity contribution in [2.45, 2.75) is 45.3 Å². The molecule has 2 aromatic heterocycles. The van der Waals surface area contributed by atoms with E-state index >= 15 is 0 Å². The fourth-order valence-corrected chi connectivity index (χ4v) is 3.74. The lowest BCUT2D eigenvalue weighted by Gasteiger charge is -2.36. The Bertz CT molecular complexity index is 635. The lowest BCUT2D eigenvalue weighted by molar-refractivity contribution is -0.122. The molecule has 1 amide bonds. The second kappa shape index (κ2) is 7.27. The smallest absolute Gasteiger partial charge is 0.222 e. The molecule has 1 N–H and O–H groups in total. The lowest BCUT2D eigenvalue weighted by atomic mass is 10.1. The summed E-state index contributed by atoms with van der Waals surface area (Å²) in [6, 6.07) is 6.80. The predicted molar refractivity (Wildman–Crippen MR) is 92.5 cm³/mol. The Labute approximate surface area is 141 Å². The summed E-state index contributed by atoms with van der Waals surface area (Å²) in [6.45, 7) is 6.89. The maximum Gasteiger partial charge on any atom is 0.222 e. The minimum Gasteiger partial charge on any atom is -0.356 e. The molecule has 3 heterocycles. The Morgan fingerprint density at radius 2 is 2.35 bits per heavy atom. The molecule has 0 aliphatic carbocycles. The van der Waals surface area contributed by atoms with Crippen molar-refractivity contribution < 1.29 is 4.79 Å². The monoisotopic (exact) mass is 332 g/mol. The maximum absolute atomic E-state index is 12.3.